The van der Waals surface area contributed by atoms with E-state index in [1.54, 1.807) is 0 Å². The van der Waals surface area contributed by atoms with Crippen molar-refractivity contribution >= 4 is 11.7 Å². The minimum atomic E-state index is -0.165. The molecule has 0 saturated heterocycles. The first-order chi connectivity index (χ1) is 8.61. The highest BCUT2D eigenvalue weighted by Gasteiger charge is 2.07. The lowest BCUT2D eigenvalue weighted by Crippen LogP contribution is -2.27. The Kier molecular flexibility index (Phi) is 6.22. The molecule has 0 aliphatic rings. The van der Waals surface area contributed by atoms with Gasteiger partial charge in [-0.15, -0.1) is 0 Å². The van der Waals surface area contributed by atoms with Crippen LogP contribution in [0, 0.1) is 0 Å². The maximum Gasteiger partial charge on any atom is 0.320 e. The van der Waals surface area contributed by atoms with Crippen LogP contribution in [-0.2, 0) is 16.1 Å². The second-order valence-electron chi connectivity index (χ2n) is 4.49. The summed E-state index contributed by atoms with van der Waals surface area (Å²) in [7, 11) is 1.90. The van der Waals surface area contributed by atoms with Gasteiger partial charge in [-0.3, -0.25) is 9.69 Å². The van der Waals surface area contributed by atoms with Crippen molar-refractivity contribution in [3.8, 4) is 0 Å². The Morgan fingerprint density at radius 3 is 2.61 bits per heavy atom. The highest BCUT2D eigenvalue weighted by Crippen LogP contribution is 2.07. The molecular formula is C14H22N2O2. The molecule has 4 heteroatoms. The number of unbranched alkanes of at least 4 members (excludes halogenated alkanes) is 1. The van der Waals surface area contributed by atoms with Crippen LogP contribution in [0.1, 0.15) is 25.3 Å². The Morgan fingerprint density at radius 2 is 2.00 bits per heavy atom. The predicted molar refractivity (Wildman–Crippen MR) is 73.1 cm³/mol. The lowest BCUT2D eigenvalue weighted by atomic mass is 10.2. The first kappa shape index (κ1) is 14.5. The third-order valence-corrected chi connectivity index (χ3v) is 2.59. The van der Waals surface area contributed by atoms with Crippen LogP contribution in [0.2, 0.25) is 0 Å². The molecule has 0 heterocycles. The summed E-state index contributed by atoms with van der Waals surface area (Å²) in [5.74, 6) is -0.165. The van der Waals surface area contributed by atoms with E-state index in [1.807, 2.05) is 36.2 Å². The molecule has 0 aliphatic heterocycles. The number of nitrogen functional groups attached to an aromatic ring is 1. The fraction of sp³-hybridized carbons (Fsp3) is 0.500. The van der Waals surface area contributed by atoms with Crippen LogP contribution in [0.4, 0.5) is 5.69 Å². The summed E-state index contributed by atoms with van der Waals surface area (Å²) < 4.78 is 5.11. The van der Waals surface area contributed by atoms with Gasteiger partial charge in [0.15, 0.2) is 0 Å². The van der Waals surface area contributed by atoms with E-state index in [-0.39, 0.29) is 5.97 Å². The van der Waals surface area contributed by atoms with E-state index in [1.165, 1.54) is 0 Å². The van der Waals surface area contributed by atoms with E-state index in [9.17, 15) is 4.79 Å². The average molecular weight is 250 g/mol. The van der Waals surface area contributed by atoms with Gasteiger partial charge in [0.25, 0.3) is 0 Å². The molecule has 2 N–H and O–H groups in total. The number of rotatable bonds is 7. The summed E-state index contributed by atoms with van der Waals surface area (Å²) in [6, 6.07) is 7.66. The molecule has 0 radical (unpaired) electrons. The van der Waals surface area contributed by atoms with Gasteiger partial charge in [-0.05, 0) is 31.2 Å². The number of nitrogens with zero attached hydrogens (tertiary/aromatic N) is 1. The first-order valence-corrected chi connectivity index (χ1v) is 6.30. The first-order valence-electron chi connectivity index (χ1n) is 6.30. The smallest absolute Gasteiger partial charge is 0.320 e. The number of nitrogens with two attached hydrogens (primary N) is 1. The largest absolute Gasteiger partial charge is 0.465 e. The van der Waals surface area contributed by atoms with E-state index < -0.39 is 0 Å². The van der Waals surface area contributed by atoms with Gasteiger partial charge in [-0.2, -0.15) is 0 Å². The van der Waals surface area contributed by atoms with E-state index >= 15 is 0 Å². The number of ether oxygens (including phenoxy) is 1. The summed E-state index contributed by atoms with van der Waals surface area (Å²) in [6.45, 7) is 3.61. The number of anilines is 1. The highest BCUT2D eigenvalue weighted by atomic mass is 16.5. The van der Waals surface area contributed by atoms with Gasteiger partial charge in [0.05, 0.1) is 13.2 Å². The van der Waals surface area contributed by atoms with E-state index in [0.717, 1.165) is 24.1 Å². The summed E-state index contributed by atoms with van der Waals surface area (Å²) in [6.07, 6.45) is 1.96. The number of carbonyl (C=O) groups is 1. The van der Waals surface area contributed by atoms with Crippen LogP contribution in [0.25, 0.3) is 0 Å². The molecule has 0 atom stereocenters. The molecule has 0 spiro atoms. The SMILES string of the molecule is CCCCOC(=O)CN(C)Cc1ccc(N)cc1. The summed E-state index contributed by atoms with van der Waals surface area (Å²) >= 11 is 0. The molecule has 1 rings (SSSR count). The van der Waals surface area contributed by atoms with Gasteiger partial charge in [-0.1, -0.05) is 25.5 Å². The molecule has 1 aromatic carbocycles. The molecule has 100 valence electrons. The Hall–Kier alpha value is -1.55. The van der Waals surface area contributed by atoms with Gasteiger partial charge < -0.3 is 10.5 Å². The minimum Gasteiger partial charge on any atom is -0.465 e. The Bertz CT molecular complexity index is 363. The predicted octanol–water partition coefficient (Wildman–Crippen LogP) is 2.04. The molecule has 4 nitrogen and oxygen atoms in total. The van der Waals surface area contributed by atoms with Crippen LogP contribution in [0.15, 0.2) is 24.3 Å². The zero-order valence-electron chi connectivity index (χ0n) is 11.2. The van der Waals surface area contributed by atoms with Gasteiger partial charge in [0.2, 0.25) is 0 Å². The minimum absolute atomic E-state index is 0.165. The highest BCUT2D eigenvalue weighted by molar-refractivity contribution is 5.71. The van der Waals surface area contributed by atoms with Crippen LogP contribution in [0.5, 0.6) is 0 Å². The maximum atomic E-state index is 11.5. The Morgan fingerprint density at radius 1 is 1.33 bits per heavy atom. The number of benzene rings is 1. The normalized spacial score (nSPS) is 10.6. The van der Waals surface area contributed by atoms with Gasteiger partial charge in [0.1, 0.15) is 0 Å². The molecule has 1 aromatic rings. The molecule has 0 fully saturated rings. The van der Waals surface area contributed by atoms with Crippen molar-refractivity contribution in [2.45, 2.75) is 26.3 Å². The van der Waals surface area contributed by atoms with Crippen LogP contribution >= 0.6 is 0 Å². The Balaban J connectivity index is 2.30. The number of hydrogen-bond donors (Lipinski definition) is 1. The second kappa shape index (κ2) is 7.71. The zero-order chi connectivity index (χ0) is 13.4. The van der Waals surface area contributed by atoms with Crippen molar-refractivity contribution in [1.29, 1.82) is 0 Å². The van der Waals surface area contributed by atoms with Crippen molar-refractivity contribution in [1.82, 2.24) is 4.90 Å². The van der Waals surface area contributed by atoms with Gasteiger partial charge >= 0.3 is 5.97 Å². The Labute approximate surface area is 109 Å². The average Bonchev–Trinajstić information content (AvgIpc) is 2.32. The van der Waals surface area contributed by atoms with Crippen molar-refractivity contribution in [3.05, 3.63) is 29.8 Å². The number of carbonyl (C=O) groups excluding carboxylic acids is 1. The molecule has 0 aromatic heterocycles. The molecular weight excluding hydrogens is 228 g/mol. The number of likely N-dealkylation sites (N-methyl/N-ethyl adjacent to an activating group) is 1. The van der Waals surface area contributed by atoms with E-state index in [2.05, 4.69) is 6.92 Å². The van der Waals surface area contributed by atoms with Crippen molar-refractivity contribution < 1.29 is 9.53 Å². The molecule has 0 bridgehead atoms. The second-order valence-corrected chi connectivity index (χ2v) is 4.49. The monoisotopic (exact) mass is 250 g/mol. The standard InChI is InChI=1S/C14H22N2O2/c1-3-4-9-18-14(17)11-16(2)10-12-5-7-13(15)8-6-12/h5-8H,3-4,9-11,15H2,1-2H3. The van der Waals surface area contributed by atoms with E-state index in [0.29, 0.717) is 19.7 Å². The van der Waals surface area contributed by atoms with E-state index in [4.69, 9.17) is 10.5 Å². The van der Waals surface area contributed by atoms with Crippen LogP contribution in [-0.4, -0.2) is 31.1 Å². The third kappa shape index (κ3) is 5.68. The van der Waals surface area contributed by atoms with Crippen molar-refractivity contribution in [2.75, 3.05) is 25.9 Å². The van der Waals surface area contributed by atoms with Gasteiger partial charge in [0, 0.05) is 12.2 Å². The maximum absolute atomic E-state index is 11.5. The summed E-state index contributed by atoms with van der Waals surface area (Å²) in [5, 5.41) is 0. The molecule has 0 saturated carbocycles. The number of hydrogen-bond acceptors (Lipinski definition) is 4. The van der Waals surface area contributed by atoms with Crippen molar-refractivity contribution in [3.63, 3.8) is 0 Å². The fourth-order valence-corrected chi connectivity index (χ4v) is 1.59. The fourth-order valence-electron chi connectivity index (χ4n) is 1.59. The van der Waals surface area contributed by atoms with Gasteiger partial charge in [-0.25, -0.2) is 0 Å². The van der Waals surface area contributed by atoms with Crippen LogP contribution in [0.3, 0.4) is 0 Å². The molecule has 18 heavy (non-hydrogen) atoms. The van der Waals surface area contributed by atoms with Crippen molar-refractivity contribution in [2.24, 2.45) is 0 Å². The third-order valence-electron chi connectivity index (χ3n) is 2.59. The topological polar surface area (TPSA) is 55.6 Å². The number of esters is 1. The lowest BCUT2D eigenvalue weighted by molar-refractivity contribution is -0.144. The molecule has 0 unspecified atom stereocenters. The zero-order valence-corrected chi connectivity index (χ0v) is 11.2. The lowest BCUT2D eigenvalue weighted by Gasteiger charge is -2.15. The molecule has 0 aliphatic carbocycles. The van der Waals surface area contributed by atoms with Crippen LogP contribution < -0.4 is 5.73 Å². The summed E-state index contributed by atoms with van der Waals surface area (Å²) in [5.41, 5.74) is 7.50. The quantitative estimate of drug-likeness (QED) is 0.457. The summed E-state index contributed by atoms with van der Waals surface area (Å²) in [4.78, 5) is 13.4. The molecule has 0 amide bonds.